The van der Waals surface area contributed by atoms with Crippen LogP contribution in [0.3, 0.4) is 0 Å². The van der Waals surface area contributed by atoms with Crippen molar-refractivity contribution in [2.24, 2.45) is 0 Å². The smallest absolute Gasteiger partial charge is 0.242 e. The van der Waals surface area contributed by atoms with Gasteiger partial charge in [0.05, 0.1) is 0 Å². The van der Waals surface area contributed by atoms with Gasteiger partial charge >= 0.3 is 0 Å². The van der Waals surface area contributed by atoms with Crippen LogP contribution in [0.15, 0.2) is 49.1 Å². The van der Waals surface area contributed by atoms with Crippen LogP contribution in [0.5, 0.6) is 0 Å². The van der Waals surface area contributed by atoms with Gasteiger partial charge in [-0.3, -0.25) is 4.98 Å². The second kappa shape index (κ2) is 5.70. The van der Waals surface area contributed by atoms with Gasteiger partial charge in [-0.15, -0.1) is 6.42 Å². The molecule has 1 heterocycles. The summed E-state index contributed by atoms with van der Waals surface area (Å²) < 4.78 is 2.03. The van der Waals surface area contributed by atoms with Gasteiger partial charge in [0.25, 0.3) is 0 Å². The number of hydrogen-bond donors (Lipinski definition) is 1. The Morgan fingerprint density at radius 1 is 1.35 bits per heavy atom. The lowest BCUT2D eigenvalue weighted by Gasteiger charge is -2.19. The zero-order chi connectivity index (χ0) is 11.4. The van der Waals surface area contributed by atoms with Crippen molar-refractivity contribution in [2.45, 2.75) is 18.9 Å². The van der Waals surface area contributed by atoms with Crippen molar-refractivity contribution in [1.29, 1.82) is 0 Å². The Morgan fingerprint density at radius 2 is 2.06 bits per heavy atom. The van der Waals surface area contributed by atoms with Crippen LogP contribution < -0.4 is 21.5 Å². The van der Waals surface area contributed by atoms with E-state index in [1.165, 1.54) is 5.56 Å². The first-order valence-corrected chi connectivity index (χ1v) is 5.31. The normalized spacial score (nSPS) is 13.2. The number of nitrogens with zero attached hydrogens (tertiary/aromatic N) is 1. The molecule has 1 aromatic carbocycles. The number of halogens is 1. The third-order valence-corrected chi connectivity index (χ3v) is 2.82. The molecule has 17 heavy (non-hydrogen) atoms. The highest BCUT2D eigenvalue weighted by molar-refractivity contribution is 5.19. The summed E-state index contributed by atoms with van der Waals surface area (Å²) in [6, 6.07) is 10.3. The van der Waals surface area contributed by atoms with Gasteiger partial charge in [0.1, 0.15) is 12.4 Å². The lowest BCUT2D eigenvalue weighted by atomic mass is 9.93. The van der Waals surface area contributed by atoms with Crippen molar-refractivity contribution in [3.05, 3.63) is 54.6 Å². The van der Waals surface area contributed by atoms with Crippen LogP contribution in [-0.4, -0.2) is 4.98 Å². The maximum Gasteiger partial charge on any atom is 0.242 e. The van der Waals surface area contributed by atoms with E-state index in [-0.39, 0.29) is 22.5 Å². The summed E-state index contributed by atoms with van der Waals surface area (Å²) in [5.41, 5.74) is 0.929. The molecule has 0 fully saturated rings. The molecule has 1 aromatic heterocycles. The van der Waals surface area contributed by atoms with E-state index in [2.05, 4.69) is 30.0 Å². The minimum atomic E-state index is -0.318. The molecule has 0 spiro atoms. The first kappa shape index (κ1) is 13.5. The summed E-state index contributed by atoms with van der Waals surface area (Å²) in [4.78, 5) is 3.02. The van der Waals surface area contributed by atoms with Crippen LogP contribution in [0.1, 0.15) is 12.5 Å². The average Bonchev–Trinajstić information content (AvgIpc) is 2.84. The van der Waals surface area contributed by atoms with Crippen molar-refractivity contribution in [3.8, 4) is 12.3 Å². The molecule has 2 aromatic rings. The summed E-state index contributed by atoms with van der Waals surface area (Å²) in [5, 5.41) is 0. The van der Waals surface area contributed by atoms with Gasteiger partial charge in [-0.2, -0.15) is 0 Å². The van der Waals surface area contributed by atoms with E-state index in [0.29, 0.717) is 0 Å². The Morgan fingerprint density at radius 3 is 2.59 bits per heavy atom. The maximum absolute atomic E-state index is 5.66. The van der Waals surface area contributed by atoms with Gasteiger partial charge in [0.15, 0.2) is 5.54 Å². The molecule has 0 amide bonds. The third-order valence-electron chi connectivity index (χ3n) is 2.82. The molecule has 1 N–H and O–H groups in total. The Hall–Kier alpha value is -1.53. The molecular weight excluding hydrogens is 276 g/mol. The van der Waals surface area contributed by atoms with Crippen LogP contribution in [0.2, 0.25) is 0 Å². The first-order valence-electron chi connectivity index (χ1n) is 5.31. The van der Waals surface area contributed by atoms with E-state index in [1.54, 1.807) is 0 Å². The molecule has 0 aliphatic carbocycles. The van der Waals surface area contributed by atoms with Crippen LogP contribution in [-0.2, 0) is 12.0 Å². The second-order valence-electron chi connectivity index (χ2n) is 4.10. The summed E-state index contributed by atoms with van der Waals surface area (Å²) in [6.07, 6.45) is 12.2. The SMILES string of the molecule is C#CC(C)(Cc1ccccc1)[n+]1cc[nH]c1.[Br-]. The summed E-state index contributed by atoms with van der Waals surface area (Å²) in [5.74, 6) is 2.87. The Kier molecular flexibility index (Phi) is 4.53. The molecule has 0 radical (unpaired) electrons. The summed E-state index contributed by atoms with van der Waals surface area (Å²) in [6.45, 7) is 2.06. The molecule has 3 heteroatoms. The highest BCUT2D eigenvalue weighted by Crippen LogP contribution is 2.14. The van der Waals surface area contributed by atoms with Crippen LogP contribution in [0.4, 0.5) is 0 Å². The van der Waals surface area contributed by atoms with E-state index in [4.69, 9.17) is 6.42 Å². The first-order chi connectivity index (χ1) is 7.74. The number of rotatable bonds is 3. The summed E-state index contributed by atoms with van der Waals surface area (Å²) >= 11 is 0. The van der Waals surface area contributed by atoms with Crippen molar-refractivity contribution in [3.63, 3.8) is 0 Å². The van der Waals surface area contributed by atoms with E-state index >= 15 is 0 Å². The van der Waals surface area contributed by atoms with Gasteiger partial charge in [0.2, 0.25) is 6.33 Å². The fourth-order valence-corrected chi connectivity index (χ4v) is 1.81. The number of imidazole rings is 1. The number of aromatic amines is 1. The van der Waals surface area contributed by atoms with Crippen molar-refractivity contribution in [2.75, 3.05) is 0 Å². The molecule has 0 saturated carbocycles. The standard InChI is InChI=1S/C14H14N2.BrH/c1-3-14(2,16-10-9-15-12-16)11-13-7-5-4-6-8-13;/h1,4-10,12H,11H2,2H3;1H. The van der Waals surface area contributed by atoms with E-state index in [1.807, 2.05) is 41.5 Å². The summed E-state index contributed by atoms with van der Waals surface area (Å²) in [7, 11) is 0. The number of H-pyrrole nitrogens is 1. The predicted molar refractivity (Wildman–Crippen MR) is 63.6 cm³/mol. The topological polar surface area (TPSA) is 19.7 Å². The number of nitrogens with one attached hydrogen (secondary N) is 1. The highest BCUT2D eigenvalue weighted by Gasteiger charge is 2.28. The third kappa shape index (κ3) is 2.98. The Labute approximate surface area is 112 Å². The van der Waals surface area contributed by atoms with Gasteiger partial charge in [-0.1, -0.05) is 36.3 Å². The zero-order valence-corrected chi connectivity index (χ0v) is 11.3. The molecule has 1 atom stereocenters. The average molecular weight is 291 g/mol. The van der Waals surface area contributed by atoms with E-state index in [9.17, 15) is 0 Å². The molecule has 0 aliphatic rings. The number of terminal acetylenes is 1. The lowest BCUT2D eigenvalue weighted by molar-refractivity contribution is -0.745. The van der Waals surface area contributed by atoms with Gasteiger partial charge in [0, 0.05) is 6.42 Å². The molecule has 0 saturated heterocycles. The largest absolute Gasteiger partial charge is 1.00 e. The number of benzene rings is 1. The van der Waals surface area contributed by atoms with Crippen molar-refractivity contribution < 1.29 is 21.5 Å². The van der Waals surface area contributed by atoms with Crippen molar-refractivity contribution >= 4 is 0 Å². The molecule has 1 unspecified atom stereocenters. The maximum atomic E-state index is 5.66. The number of aromatic nitrogens is 2. The lowest BCUT2D eigenvalue weighted by Crippen LogP contribution is -3.00. The molecule has 2 rings (SSSR count). The Balaban J connectivity index is 0.00000144. The minimum Gasteiger partial charge on any atom is -1.00 e. The van der Waals surface area contributed by atoms with Gasteiger partial charge in [-0.25, -0.2) is 4.57 Å². The molecule has 2 nitrogen and oxygen atoms in total. The van der Waals surface area contributed by atoms with Crippen molar-refractivity contribution in [1.82, 2.24) is 4.98 Å². The second-order valence-corrected chi connectivity index (χ2v) is 4.10. The van der Waals surface area contributed by atoms with Gasteiger partial charge in [-0.05, 0) is 12.5 Å². The fourth-order valence-electron chi connectivity index (χ4n) is 1.81. The van der Waals surface area contributed by atoms with Crippen LogP contribution in [0, 0.1) is 12.3 Å². The molecular formula is C14H15BrN2. The van der Waals surface area contributed by atoms with Gasteiger partial charge < -0.3 is 17.0 Å². The van der Waals surface area contributed by atoms with E-state index in [0.717, 1.165) is 6.42 Å². The number of hydrogen-bond acceptors (Lipinski definition) is 0. The fraction of sp³-hybridized carbons (Fsp3) is 0.214. The quantitative estimate of drug-likeness (QED) is 0.547. The monoisotopic (exact) mass is 290 g/mol. The molecule has 0 bridgehead atoms. The zero-order valence-electron chi connectivity index (χ0n) is 9.73. The van der Waals surface area contributed by atoms with Crippen LogP contribution >= 0.6 is 0 Å². The Bertz CT molecular complexity index is 485. The van der Waals surface area contributed by atoms with E-state index < -0.39 is 0 Å². The van der Waals surface area contributed by atoms with Crippen LogP contribution in [0.25, 0.3) is 0 Å². The minimum absolute atomic E-state index is 0. The predicted octanol–water partition coefficient (Wildman–Crippen LogP) is -1.10. The highest BCUT2D eigenvalue weighted by atomic mass is 79.9. The molecule has 0 aliphatic heterocycles. The molecule has 88 valence electrons.